The molecule has 0 aliphatic rings. The number of hydrogen-bond acceptors (Lipinski definition) is 5. The predicted molar refractivity (Wildman–Crippen MR) is 86.4 cm³/mol. The fraction of sp³-hybridized carbons (Fsp3) is 0.0625. The standard InChI is InChI=1S/C16H11FN4S/c17-11-5-3-10(4-6-11)8-19-15-14-13(20-9-21-15)12-2-1-7-18-16(12)22-14/h1-7,9H,8H2,(H,19,20,21). The predicted octanol–water partition coefficient (Wildman–Crippen LogP) is 3.99. The molecule has 0 spiro atoms. The third-order valence-corrected chi connectivity index (χ3v) is 4.51. The first-order chi connectivity index (χ1) is 10.8. The van der Waals surface area contributed by atoms with E-state index in [4.69, 9.17) is 0 Å². The van der Waals surface area contributed by atoms with E-state index in [1.165, 1.54) is 12.1 Å². The van der Waals surface area contributed by atoms with Crippen LogP contribution in [-0.2, 0) is 6.54 Å². The third-order valence-electron chi connectivity index (χ3n) is 3.40. The molecule has 0 atom stereocenters. The van der Waals surface area contributed by atoms with Crippen molar-refractivity contribution in [3.63, 3.8) is 0 Å². The molecule has 0 saturated heterocycles. The second-order valence-electron chi connectivity index (χ2n) is 4.84. The topological polar surface area (TPSA) is 50.7 Å². The molecule has 4 rings (SSSR count). The van der Waals surface area contributed by atoms with E-state index in [0.29, 0.717) is 6.54 Å². The van der Waals surface area contributed by atoms with Crippen molar-refractivity contribution < 1.29 is 4.39 Å². The Kier molecular flexibility index (Phi) is 3.16. The SMILES string of the molecule is Fc1ccc(CNc2ncnc3c2sc2ncccc23)cc1. The van der Waals surface area contributed by atoms with Crippen molar-refractivity contribution in [3.8, 4) is 0 Å². The molecule has 1 N–H and O–H groups in total. The maximum atomic E-state index is 12.9. The molecule has 3 aromatic heterocycles. The first-order valence-corrected chi connectivity index (χ1v) is 7.59. The molecule has 0 bridgehead atoms. The van der Waals surface area contributed by atoms with E-state index in [2.05, 4.69) is 20.3 Å². The van der Waals surface area contributed by atoms with Crippen LogP contribution < -0.4 is 5.32 Å². The Hall–Kier alpha value is -2.60. The van der Waals surface area contributed by atoms with Gasteiger partial charge in [-0.25, -0.2) is 19.3 Å². The van der Waals surface area contributed by atoms with Crippen LogP contribution in [0.4, 0.5) is 10.2 Å². The lowest BCUT2D eigenvalue weighted by molar-refractivity contribution is 0.627. The molecule has 4 aromatic rings. The third kappa shape index (κ3) is 2.27. The fourth-order valence-corrected chi connectivity index (χ4v) is 3.39. The Morgan fingerprint density at radius 1 is 1.05 bits per heavy atom. The molecule has 0 unspecified atom stereocenters. The number of pyridine rings is 1. The molecule has 3 heterocycles. The molecule has 0 amide bonds. The minimum absolute atomic E-state index is 0.233. The van der Waals surface area contributed by atoms with Crippen molar-refractivity contribution in [1.82, 2.24) is 15.0 Å². The highest BCUT2D eigenvalue weighted by molar-refractivity contribution is 7.25. The van der Waals surface area contributed by atoms with Crippen LogP contribution in [0.3, 0.4) is 0 Å². The normalized spacial score (nSPS) is 11.1. The van der Waals surface area contributed by atoms with Crippen molar-refractivity contribution in [1.29, 1.82) is 0 Å². The lowest BCUT2D eigenvalue weighted by atomic mass is 10.2. The van der Waals surface area contributed by atoms with Gasteiger partial charge in [-0.15, -0.1) is 11.3 Å². The molecule has 108 valence electrons. The summed E-state index contributed by atoms with van der Waals surface area (Å²) in [5.74, 6) is 0.543. The quantitative estimate of drug-likeness (QED) is 0.621. The largest absolute Gasteiger partial charge is 0.365 e. The summed E-state index contributed by atoms with van der Waals surface area (Å²) in [6, 6.07) is 10.3. The van der Waals surface area contributed by atoms with Crippen molar-refractivity contribution in [2.24, 2.45) is 0 Å². The smallest absolute Gasteiger partial charge is 0.147 e. The number of benzene rings is 1. The van der Waals surface area contributed by atoms with Gasteiger partial charge < -0.3 is 5.32 Å². The van der Waals surface area contributed by atoms with Gasteiger partial charge in [0.2, 0.25) is 0 Å². The average molecular weight is 310 g/mol. The Morgan fingerprint density at radius 2 is 1.91 bits per heavy atom. The summed E-state index contributed by atoms with van der Waals surface area (Å²) in [6.45, 7) is 0.577. The number of nitrogens with zero attached hydrogens (tertiary/aromatic N) is 3. The minimum atomic E-state index is -0.233. The van der Waals surface area contributed by atoms with Gasteiger partial charge in [0.05, 0.1) is 10.2 Å². The molecule has 0 saturated carbocycles. The summed E-state index contributed by atoms with van der Waals surface area (Å²) in [7, 11) is 0. The zero-order valence-corrected chi connectivity index (χ0v) is 12.3. The highest BCUT2D eigenvalue weighted by Gasteiger charge is 2.11. The van der Waals surface area contributed by atoms with E-state index in [1.54, 1.807) is 36.0 Å². The van der Waals surface area contributed by atoms with Crippen molar-refractivity contribution in [3.05, 3.63) is 60.3 Å². The Bertz CT molecular complexity index is 949. The van der Waals surface area contributed by atoms with Crippen molar-refractivity contribution in [2.75, 3.05) is 5.32 Å². The number of nitrogens with one attached hydrogen (secondary N) is 1. The monoisotopic (exact) mass is 310 g/mol. The lowest BCUT2D eigenvalue weighted by Crippen LogP contribution is -2.01. The van der Waals surface area contributed by atoms with Crippen molar-refractivity contribution in [2.45, 2.75) is 6.54 Å². The van der Waals surface area contributed by atoms with Gasteiger partial charge in [-0.1, -0.05) is 12.1 Å². The molecular formula is C16H11FN4S. The minimum Gasteiger partial charge on any atom is -0.365 e. The Morgan fingerprint density at radius 3 is 2.77 bits per heavy atom. The zero-order chi connectivity index (χ0) is 14.9. The van der Waals surface area contributed by atoms with Gasteiger partial charge in [-0.05, 0) is 29.8 Å². The summed E-state index contributed by atoms with van der Waals surface area (Å²) in [4.78, 5) is 14.0. The summed E-state index contributed by atoms with van der Waals surface area (Å²) in [6.07, 6.45) is 3.32. The average Bonchev–Trinajstić information content (AvgIpc) is 2.94. The molecule has 4 nitrogen and oxygen atoms in total. The molecule has 0 aliphatic heterocycles. The van der Waals surface area contributed by atoms with Crippen LogP contribution in [-0.4, -0.2) is 15.0 Å². The van der Waals surface area contributed by atoms with Gasteiger partial charge in [-0.3, -0.25) is 0 Å². The second-order valence-corrected chi connectivity index (χ2v) is 5.84. The van der Waals surface area contributed by atoms with Crippen LogP contribution in [0.25, 0.3) is 20.4 Å². The van der Waals surface area contributed by atoms with Crippen molar-refractivity contribution >= 4 is 37.6 Å². The van der Waals surface area contributed by atoms with E-state index in [-0.39, 0.29) is 5.82 Å². The highest BCUT2D eigenvalue weighted by Crippen LogP contribution is 2.34. The Balaban J connectivity index is 1.70. The first-order valence-electron chi connectivity index (χ1n) is 6.78. The van der Waals surface area contributed by atoms with Gasteiger partial charge in [0, 0.05) is 18.1 Å². The molecule has 0 fully saturated rings. The van der Waals surface area contributed by atoms with Crippen LogP contribution in [0.1, 0.15) is 5.56 Å². The summed E-state index contributed by atoms with van der Waals surface area (Å²) in [5, 5.41) is 4.33. The maximum Gasteiger partial charge on any atom is 0.147 e. The second kappa shape index (κ2) is 5.31. The van der Waals surface area contributed by atoms with Gasteiger partial charge >= 0.3 is 0 Å². The highest BCUT2D eigenvalue weighted by atomic mass is 32.1. The van der Waals surface area contributed by atoms with E-state index in [9.17, 15) is 4.39 Å². The number of thiophene rings is 1. The van der Waals surface area contributed by atoms with Crippen LogP contribution in [0, 0.1) is 5.82 Å². The van der Waals surface area contributed by atoms with E-state index >= 15 is 0 Å². The maximum absolute atomic E-state index is 12.9. The molecule has 1 aromatic carbocycles. The number of aromatic nitrogens is 3. The van der Waals surface area contributed by atoms with E-state index in [1.807, 2.05) is 12.1 Å². The zero-order valence-electron chi connectivity index (χ0n) is 11.5. The van der Waals surface area contributed by atoms with Crippen LogP contribution in [0.15, 0.2) is 48.9 Å². The molecule has 0 aliphatic carbocycles. The van der Waals surface area contributed by atoms with Gasteiger partial charge in [0.25, 0.3) is 0 Å². The van der Waals surface area contributed by atoms with Crippen LogP contribution in [0.5, 0.6) is 0 Å². The van der Waals surface area contributed by atoms with Crippen LogP contribution in [0.2, 0.25) is 0 Å². The molecule has 22 heavy (non-hydrogen) atoms. The number of halogens is 1. The fourth-order valence-electron chi connectivity index (χ4n) is 2.33. The molecule has 0 radical (unpaired) electrons. The first kappa shape index (κ1) is 13.1. The number of fused-ring (bicyclic) bond motifs is 3. The van der Waals surface area contributed by atoms with Gasteiger partial charge in [0.15, 0.2) is 0 Å². The number of anilines is 1. The summed E-state index contributed by atoms with van der Waals surface area (Å²) >= 11 is 1.57. The van der Waals surface area contributed by atoms with E-state index < -0.39 is 0 Å². The number of hydrogen-bond donors (Lipinski definition) is 1. The molecular weight excluding hydrogens is 299 g/mol. The van der Waals surface area contributed by atoms with Gasteiger partial charge in [-0.2, -0.15) is 0 Å². The summed E-state index contributed by atoms with van der Waals surface area (Å²) in [5.41, 5.74) is 1.90. The summed E-state index contributed by atoms with van der Waals surface area (Å²) < 4.78 is 13.9. The molecule has 6 heteroatoms. The van der Waals surface area contributed by atoms with E-state index in [0.717, 1.165) is 31.8 Å². The van der Waals surface area contributed by atoms with Gasteiger partial charge in [0.1, 0.15) is 22.8 Å². The number of rotatable bonds is 3. The lowest BCUT2D eigenvalue weighted by Gasteiger charge is -2.06. The Labute approximate surface area is 129 Å². The van der Waals surface area contributed by atoms with Crippen LogP contribution >= 0.6 is 11.3 Å².